The standard InChI is InChI=1S/C14H20O2/c1-7(2)11-9(5)14(16)12(8(3)4)10(6)13(11)15/h7-8H,1-6H3. The quantitative estimate of drug-likeness (QED) is 0.670. The highest BCUT2D eigenvalue weighted by molar-refractivity contribution is 6.25. The van der Waals surface area contributed by atoms with E-state index in [1.165, 1.54) is 0 Å². The Kier molecular flexibility index (Phi) is 3.51. The highest BCUT2D eigenvalue weighted by Gasteiger charge is 2.32. The Morgan fingerprint density at radius 2 is 0.938 bits per heavy atom. The fraction of sp³-hybridized carbons (Fsp3) is 0.571. The molecule has 0 fully saturated rings. The molecule has 0 amide bonds. The molecule has 0 saturated carbocycles. The number of carbonyl (C=O) groups excluding carboxylic acids is 2. The monoisotopic (exact) mass is 220 g/mol. The maximum absolute atomic E-state index is 12.2. The van der Waals surface area contributed by atoms with E-state index in [0.29, 0.717) is 22.3 Å². The minimum Gasteiger partial charge on any atom is -0.289 e. The largest absolute Gasteiger partial charge is 0.289 e. The van der Waals surface area contributed by atoms with Gasteiger partial charge in [-0.15, -0.1) is 0 Å². The van der Waals surface area contributed by atoms with Crippen LogP contribution >= 0.6 is 0 Å². The second-order valence-electron chi connectivity index (χ2n) is 5.04. The van der Waals surface area contributed by atoms with Gasteiger partial charge in [-0.3, -0.25) is 9.59 Å². The fourth-order valence-corrected chi connectivity index (χ4v) is 2.38. The molecule has 2 nitrogen and oxygen atoms in total. The molecule has 0 saturated heterocycles. The van der Waals surface area contributed by atoms with Crippen molar-refractivity contribution in [3.05, 3.63) is 22.3 Å². The maximum atomic E-state index is 12.2. The van der Waals surface area contributed by atoms with Gasteiger partial charge in [0.1, 0.15) is 0 Å². The van der Waals surface area contributed by atoms with Crippen LogP contribution in [0.1, 0.15) is 41.5 Å². The van der Waals surface area contributed by atoms with Crippen LogP contribution in [0, 0.1) is 11.8 Å². The van der Waals surface area contributed by atoms with Gasteiger partial charge in [-0.2, -0.15) is 0 Å². The third-order valence-corrected chi connectivity index (χ3v) is 3.13. The van der Waals surface area contributed by atoms with Crippen molar-refractivity contribution in [3.63, 3.8) is 0 Å². The lowest BCUT2D eigenvalue weighted by atomic mass is 9.77. The van der Waals surface area contributed by atoms with Crippen LogP contribution in [0.5, 0.6) is 0 Å². The Bertz CT molecular complexity index is 366. The zero-order valence-electron chi connectivity index (χ0n) is 11.0. The van der Waals surface area contributed by atoms with Gasteiger partial charge in [0.05, 0.1) is 0 Å². The molecule has 0 unspecified atom stereocenters. The molecular weight excluding hydrogens is 200 g/mol. The van der Waals surface area contributed by atoms with E-state index in [2.05, 4.69) is 0 Å². The first-order chi connectivity index (χ1) is 7.29. The summed E-state index contributed by atoms with van der Waals surface area (Å²) in [6.45, 7) is 11.4. The third-order valence-electron chi connectivity index (χ3n) is 3.13. The molecule has 0 heterocycles. The second kappa shape index (κ2) is 4.36. The van der Waals surface area contributed by atoms with Crippen LogP contribution in [0.3, 0.4) is 0 Å². The number of hydrogen-bond donors (Lipinski definition) is 0. The summed E-state index contributed by atoms with van der Waals surface area (Å²) in [6, 6.07) is 0. The summed E-state index contributed by atoms with van der Waals surface area (Å²) in [5.74, 6) is 0.326. The predicted octanol–water partition coefficient (Wildman–Crippen LogP) is 3.08. The van der Waals surface area contributed by atoms with Gasteiger partial charge in [-0.05, 0) is 25.7 Å². The Labute approximate surface area is 97.4 Å². The van der Waals surface area contributed by atoms with Crippen LogP contribution < -0.4 is 0 Å². The highest BCUT2D eigenvalue weighted by atomic mass is 16.1. The summed E-state index contributed by atoms with van der Waals surface area (Å²) in [7, 11) is 0. The number of ketones is 2. The zero-order valence-corrected chi connectivity index (χ0v) is 11.0. The van der Waals surface area contributed by atoms with Crippen molar-refractivity contribution in [2.45, 2.75) is 41.5 Å². The molecule has 0 aromatic heterocycles. The van der Waals surface area contributed by atoms with Gasteiger partial charge in [0.15, 0.2) is 11.6 Å². The smallest absolute Gasteiger partial charge is 0.185 e. The lowest BCUT2D eigenvalue weighted by Gasteiger charge is -2.24. The van der Waals surface area contributed by atoms with E-state index in [0.717, 1.165) is 0 Å². The predicted molar refractivity (Wildman–Crippen MR) is 65.1 cm³/mol. The topological polar surface area (TPSA) is 34.1 Å². The maximum Gasteiger partial charge on any atom is 0.185 e. The number of Topliss-reactive ketones (excluding diaryl/α,β-unsaturated/α-hetero) is 2. The van der Waals surface area contributed by atoms with Crippen LogP contribution in [0.4, 0.5) is 0 Å². The van der Waals surface area contributed by atoms with Crippen LogP contribution in [0.25, 0.3) is 0 Å². The number of rotatable bonds is 2. The molecule has 0 bridgehead atoms. The van der Waals surface area contributed by atoms with Crippen LogP contribution in [-0.2, 0) is 9.59 Å². The first kappa shape index (κ1) is 12.9. The Morgan fingerprint density at radius 1 is 0.688 bits per heavy atom. The number of carbonyl (C=O) groups is 2. The molecule has 0 spiro atoms. The lowest BCUT2D eigenvalue weighted by Crippen LogP contribution is -2.26. The van der Waals surface area contributed by atoms with Crippen molar-refractivity contribution < 1.29 is 9.59 Å². The minimum absolute atomic E-state index is 0.0517. The van der Waals surface area contributed by atoms with Gasteiger partial charge in [-0.25, -0.2) is 0 Å². The summed E-state index contributed by atoms with van der Waals surface area (Å²) < 4.78 is 0. The molecule has 2 heteroatoms. The van der Waals surface area contributed by atoms with Gasteiger partial charge in [0, 0.05) is 22.3 Å². The van der Waals surface area contributed by atoms with E-state index in [4.69, 9.17) is 0 Å². The normalized spacial score (nSPS) is 18.2. The molecule has 1 rings (SSSR count). The average molecular weight is 220 g/mol. The van der Waals surface area contributed by atoms with Crippen LogP contribution in [0.2, 0.25) is 0 Å². The number of allylic oxidation sites excluding steroid dienone is 4. The molecule has 0 aromatic carbocycles. The molecule has 0 aliphatic heterocycles. The molecule has 0 radical (unpaired) electrons. The SMILES string of the molecule is CC1=C(C(C)C)C(=O)C(C)=C(C(C)C)C1=O. The molecule has 1 aliphatic carbocycles. The second-order valence-corrected chi connectivity index (χ2v) is 5.04. The van der Waals surface area contributed by atoms with Crippen molar-refractivity contribution >= 4 is 11.6 Å². The summed E-state index contributed by atoms with van der Waals surface area (Å²) in [5.41, 5.74) is 2.64. The minimum atomic E-state index is 0.0517. The zero-order chi connectivity index (χ0) is 12.6. The van der Waals surface area contributed by atoms with Gasteiger partial charge in [-0.1, -0.05) is 27.7 Å². The summed E-state index contributed by atoms with van der Waals surface area (Å²) in [6.07, 6.45) is 0. The van der Waals surface area contributed by atoms with Crippen molar-refractivity contribution in [1.29, 1.82) is 0 Å². The van der Waals surface area contributed by atoms with Crippen LogP contribution in [0.15, 0.2) is 22.3 Å². The average Bonchev–Trinajstić information content (AvgIpc) is 2.14. The van der Waals surface area contributed by atoms with Gasteiger partial charge >= 0.3 is 0 Å². The third kappa shape index (κ3) is 1.89. The molecule has 0 atom stereocenters. The first-order valence-electron chi connectivity index (χ1n) is 5.79. The van der Waals surface area contributed by atoms with E-state index in [1.807, 2.05) is 27.7 Å². The van der Waals surface area contributed by atoms with Crippen LogP contribution in [-0.4, -0.2) is 11.6 Å². The van der Waals surface area contributed by atoms with Crippen molar-refractivity contribution in [1.82, 2.24) is 0 Å². The van der Waals surface area contributed by atoms with Gasteiger partial charge in [0.2, 0.25) is 0 Å². The van der Waals surface area contributed by atoms with Crippen molar-refractivity contribution in [2.75, 3.05) is 0 Å². The highest BCUT2D eigenvalue weighted by Crippen LogP contribution is 2.31. The molecule has 1 aliphatic rings. The Morgan fingerprint density at radius 3 is 1.12 bits per heavy atom. The Balaban J connectivity index is 3.37. The fourth-order valence-electron chi connectivity index (χ4n) is 2.38. The van der Waals surface area contributed by atoms with Gasteiger partial charge < -0.3 is 0 Å². The Hall–Kier alpha value is -1.18. The number of hydrogen-bond acceptors (Lipinski definition) is 2. The molecule has 0 aromatic rings. The van der Waals surface area contributed by atoms with Crippen molar-refractivity contribution in [3.8, 4) is 0 Å². The van der Waals surface area contributed by atoms with Crippen molar-refractivity contribution in [2.24, 2.45) is 11.8 Å². The van der Waals surface area contributed by atoms with E-state index < -0.39 is 0 Å². The molecule has 88 valence electrons. The summed E-state index contributed by atoms with van der Waals surface area (Å²) in [4.78, 5) is 24.3. The molecule has 0 N–H and O–H groups in total. The van der Waals surface area contributed by atoms with E-state index in [9.17, 15) is 9.59 Å². The van der Waals surface area contributed by atoms with Gasteiger partial charge in [0.25, 0.3) is 0 Å². The van der Waals surface area contributed by atoms with E-state index >= 15 is 0 Å². The van der Waals surface area contributed by atoms with E-state index in [-0.39, 0.29) is 23.4 Å². The summed E-state index contributed by atoms with van der Waals surface area (Å²) in [5, 5.41) is 0. The first-order valence-corrected chi connectivity index (χ1v) is 5.79. The molecular formula is C14H20O2. The molecule has 16 heavy (non-hydrogen) atoms. The lowest BCUT2D eigenvalue weighted by molar-refractivity contribution is -0.117. The summed E-state index contributed by atoms with van der Waals surface area (Å²) >= 11 is 0. The van der Waals surface area contributed by atoms with E-state index in [1.54, 1.807) is 13.8 Å².